The number of ether oxygens (including phenoxy) is 1. The van der Waals surface area contributed by atoms with Crippen LogP contribution in [0.4, 0.5) is 0 Å². The van der Waals surface area contributed by atoms with Crippen LogP contribution in [0.5, 0.6) is 0 Å². The summed E-state index contributed by atoms with van der Waals surface area (Å²) in [6, 6.07) is 0. The lowest BCUT2D eigenvalue weighted by molar-refractivity contribution is -0.147. The van der Waals surface area contributed by atoms with Gasteiger partial charge in [-0.15, -0.1) is 0 Å². The summed E-state index contributed by atoms with van der Waals surface area (Å²) in [7, 11) is -1.98. The number of carbonyl (C=O) groups is 1. The molecule has 108 valence electrons. The number of unbranched alkanes of at least 4 members (excludes halogenated alkanes) is 1. The lowest BCUT2D eigenvalue weighted by Gasteiger charge is -2.18. The van der Waals surface area contributed by atoms with Gasteiger partial charge in [-0.3, -0.25) is 4.79 Å². The van der Waals surface area contributed by atoms with Crippen LogP contribution < -0.4 is 4.72 Å². The van der Waals surface area contributed by atoms with E-state index in [0.29, 0.717) is 13.2 Å². The number of esters is 1. The molecule has 0 spiro atoms. The van der Waals surface area contributed by atoms with Crippen molar-refractivity contribution in [2.45, 2.75) is 33.6 Å². The van der Waals surface area contributed by atoms with Crippen LogP contribution in [0.25, 0.3) is 0 Å². The molecule has 0 aromatic rings. The zero-order valence-electron chi connectivity index (χ0n) is 11.6. The lowest BCUT2D eigenvalue weighted by Crippen LogP contribution is -2.41. The highest BCUT2D eigenvalue weighted by Gasteiger charge is 2.20. The first kappa shape index (κ1) is 17.3. The van der Waals surface area contributed by atoms with E-state index in [4.69, 9.17) is 4.74 Å². The Hall–Kier alpha value is -0.660. The van der Waals surface area contributed by atoms with Crippen molar-refractivity contribution in [3.63, 3.8) is 0 Å². The van der Waals surface area contributed by atoms with E-state index in [0.717, 1.165) is 12.8 Å². The number of hydrogen-bond acceptors (Lipinski definition) is 4. The zero-order valence-corrected chi connectivity index (χ0v) is 12.4. The Bertz CT molecular complexity index is 343. The Morgan fingerprint density at radius 1 is 1.39 bits per heavy atom. The summed E-state index contributed by atoms with van der Waals surface area (Å²) in [5.74, 6) is -0.879. The average Bonchev–Trinajstić information content (AvgIpc) is 2.33. The molecule has 0 aliphatic carbocycles. The van der Waals surface area contributed by atoms with Crippen LogP contribution in [-0.2, 0) is 19.7 Å². The fourth-order valence-electron chi connectivity index (χ4n) is 1.21. The highest BCUT2D eigenvalue weighted by atomic mass is 32.2. The molecule has 1 N–H and O–H groups in total. The molecule has 0 aromatic carbocycles. The van der Waals surface area contributed by atoms with Gasteiger partial charge in [-0.2, -0.15) is 12.7 Å². The molecule has 0 rings (SSSR count). The van der Waals surface area contributed by atoms with E-state index in [1.807, 2.05) is 6.92 Å². The Kier molecular flexibility index (Phi) is 8.13. The maximum atomic E-state index is 11.8. The van der Waals surface area contributed by atoms with Crippen molar-refractivity contribution in [2.75, 3.05) is 26.7 Å². The quantitative estimate of drug-likeness (QED) is 0.632. The van der Waals surface area contributed by atoms with E-state index < -0.39 is 22.1 Å². The van der Waals surface area contributed by atoms with E-state index in [2.05, 4.69) is 4.72 Å². The predicted octanol–water partition coefficient (Wildman–Crippen LogP) is 0.752. The standard InChI is InChI=1S/C11H24N2O4S/c1-5-7-8-13(4)18(15,16)12-9-10(3)11(14)17-6-2/h10,12H,5-9H2,1-4H3. The van der Waals surface area contributed by atoms with Crippen molar-refractivity contribution >= 4 is 16.2 Å². The molecule has 18 heavy (non-hydrogen) atoms. The van der Waals surface area contributed by atoms with Gasteiger partial charge >= 0.3 is 5.97 Å². The molecule has 6 nitrogen and oxygen atoms in total. The lowest BCUT2D eigenvalue weighted by atomic mass is 10.2. The fourth-order valence-corrected chi connectivity index (χ4v) is 2.26. The summed E-state index contributed by atoms with van der Waals surface area (Å²) < 4.78 is 32.0. The van der Waals surface area contributed by atoms with Gasteiger partial charge in [0.2, 0.25) is 0 Å². The molecule has 0 saturated carbocycles. The minimum Gasteiger partial charge on any atom is -0.466 e. The molecule has 7 heteroatoms. The monoisotopic (exact) mass is 280 g/mol. The van der Waals surface area contributed by atoms with E-state index >= 15 is 0 Å². The van der Waals surface area contributed by atoms with Gasteiger partial charge in [0.1, 0.15) is 0 Å². The molecular weight excluding hydrogens is 256 g/mol. The fraction of sp³-hybridized carbons (Fsp3) is 0.909. The molecule has 0 bridgehead atoms. The maximum Gasteiger partial charge on any atom is 0.309 e. The van der Waals surface area contributed by atoms with Crippen molar-refractivity contribution in [3.8, 4) is 0 Å². The first-order chi connectivity index (χ1) is 8.35. The Balaban J connectivity index is 4.21. The summed E-state index contributed by atoms with van der Waals surface area (Å²) in [6.07, 6.45) is 1.74. The SMILES string of the molecule is CCCCN(C)S(=O)(=O)NCC(C)C(=O)OCC. The van der Waals surface area contributed by atoms with E-state index in [1.165, 1.54) is 11.4 Å². The molecule has 1 atom stereocenters. The van der Waals surface area contributed by atoms with E-state index in [-0.39, 0.29) is 6.54 Å². The number of nitrogens with zero attached hydrogens (tertiary/aromatic N) is 1. The van der Waals surface area contributed by atoms with Gasteiger partial charge in [-0.1, -0.05) is 20.3 Å². The largest absolute Gasteiger partial charge is 0.466 e. The van der Waals surface area contributed by atoms with Crippen LogP contribution in [-0.4, -0.2) is 45.4 Å². The number of carbonyl (C=O) groups excluding carboxylic acids is 1. The summed E-state index contributed by atoms with van der Waals surface area (Å²) in [5, 5.41) is 0. The second kappa shape index (κ2) is 8.44. The first-order valence-corrected chi connectivity index (χ1v) is 7.66. The van der Waals surface area contributed by atoms with Gasteiger partial charge in [0, 0.05) is 20.1 Å². The highest BCUT2D eigenvalue weighted by molar-refractivity contribution is 7.87. The van der Waals surface area contributed by atoms with Gasteiger partial charge in [-0.05, 0) is 13.3 Å². The summed E-state index contributed by atoms with van der Waals surface area (Å²) in [6.45, 7) is 6.17. The van der Waals surface area contributed by atoms with Crippen molar-refractivity contribution < 1.29 is 17.9 Å². The Labute approximate surface area is 110 Å². The highest BCUT2D eigenvalue weighted by Crippen LogP contribution is 2.01. The van der Waals surface area contributed by atoms with Gasteiger partial charge in [0.15, 0.2) is 0 Å². The average molecular weight is 280 g/mol. The minimum absolute atomic E-state index is 0.0532. The summed E-state index contributed by atoms with van der Waals surface area (Å²) in [5.41, 5.74) is 0. The Morgan fingerprint density at radius 2 is 2.00 bits per heavy atom. The second-order valence-corrected chi connectivity index (χ2v) is 6.04. The van der Waals surface area contributed by atoms with E-state index in [1.54, 1.807) is 13.8 Å². The number of hydrogen-bond donors (Lipinski definition) is 1. The van der Waals surface area contributed by atoms with Crippen LogP contribution in [0.15, 0.2) is 0 Å². The third-order valence-corrected chi connectivity index (χ3v) is 4.03. The van der Waals surface area contributed by atoms with Crippen LogP contribution in [0.3, 0.4) is 0 Å². The molecule has 0 aromatic heterocycles. The molecule has 0 amide bonds. The molecule has 0 aliphatic heterocycles. The van der Waals surface area contributed by atoms with Gasteiger partial charge in [0.05, 0.1) is 12.5 Å². The second-order valence-electron chi connectivity index (χ2n) is 4.18. The molecule has 0 aliphatic rings. The predicted molar refractivity (Wildman–Crippen MR) is 70.3 cm³/mol. The Morgan fingerprint density at radius 3 is 2.50 bits per heavy atom. The third-order valence-electron chi connectivity index (χ3n) is 2.50. The number of nitrogens with one attached hydrogen (secondary N) is 1. The number of rotatable bonds is 9. The van der Waals surface area contributed by atoms with Crippen LogP contribution in [0.2, 0.25) is 0 Å². The molecular formula is C11H24N2O4S. The van der Waals surface area contributed by atoms with Crippen molar-refractivity contribution in [3.05, 3.63) is 0 Å². The van der Waals surface area contributed by atoms with E-state index in [9.17, 15) is 13.2 Å². The molecule has 0 heterocycles. The van der Waals surface area contributed by atoms with Crippen LogP contribution >= 0.6 is 0 Å². The first-order valence-electron chi connectivity index (χ1n) is 6.22. The zero-order chi connectivity index (χ0) is 14.2. The topological polar surface area (TPSA) is 75.7 Å². The van der Waals surface area contributed by atoms with Crippen molar-refractivity contribution in [1.82, 2.24) is 9.03 Å². The third kappa shape index (κ3) is 6.32. The van der Waals surface area contributed by atoms with Crippen LogP contribution in [0.1, 0.15) is 33.6 Å². The summed E-state index contributed by atoms with van der Waals surface area (Å²) >= 11 is 0. The van der Waals surface area contributed by atoms with Crippen molar-refractivity contribution in [1.29, 1.82) is 0 Å². The van der Waals surface area contributed by atoms with Gasteiger partial charge in [0.25, 0.3) is 10.2 Å². The molecule has 1 unspecified atom stereocenters. The van der Waals surface area contributed by atoms with Gasteiger partial charge < -0.3 is 4.74 Å². The summed E-state index contributed by atoms with van der Waals surface area (Å²) in [4.78, 5) is 11.3. The van der Waals surface area contributed by atoms with Crippen molar-refractivity contribution in [2.24, 2.45) is 5.92 Å². The minimum atomic E-state index is -3.50. The molecule has 0 saturated heterocycles. The normalized spacial score (nSPS) is 13.6. The molecule has 0 fully saturated rings. The maximum absolute atomic E-state index is 11.8. The van der Waals surface area contributed by atoms with Gasteiger partial charge in [-0.25, -0.2) is 4.72 Å². The molecule has 0 radical (unpaired) electrons. The van der Waals surface area contributed by atoms with Crippen LogP contribution in [0, 0.1) is 5.92 Å². The smallest absolute Gasteiger partial charge is 0.309 e.